The van der Waals surface area contributed by atoms with Crippen LogP contribution >= 0.6 is 0 Å². The molecule has 2 rings (SSSR count). The third kappa shape index (κ3) is 4.57. The van der Waals surface area contributed by atoms with E-state index in [-0.39, 0.29) is 5.91 Å². The molecule has 2 aromatic carbocycles. The van der Waals surface area contributed by atoms with Crippen molar-refractivity contribution in [1.29, 1.82) is 0 Å². The minimum atomic E-state index is -0.225. The summed E-state index contributed by atoms with van der Waals surface area (Å²) in [6, 6.07) is 14.7. The molecular weight excluding hydrogens is 292 g/mol. The summed E-state index contributed by atoms with van der Waals surface area (Å²) >= 11 is 0. The fraction of sp³-hybridized carbons (Fsp3) is 0.222. The molecule has 0 aliphatic rings. The predicted octanol–water partition coefficient (Wildman–Crippen LogP) is 3.05. The van der Waals surface area contributed by atoms with Crippen LogP contribution in [0.1, 0.15) is 22.8 Å². The molecule has 0 atom stereocenters. The van der Waals surface area contributed by atoms with Crippen molar-refractivity contribution in [2.45, 2.75) is 13.3 Å². The number of hydrogen-bond donors (Lipinski definition) is 1. The van der Waals surface area contributed by atoms with Gasteiger partial charge in [-0.3, -0.25) is 4.79 Å². The monoisotopic (exact) mass is 312 g/mol. The number of ether oxygens (including phenoxy) is 2. The van der Waals surface area contributed by atoms with Crippen molar-refractivity contribution in [3.8, 4) is 11.5 Å². The maximum absolute atomic E-state index is 11.9. The highest BCUT2D eigenvalue weighted by molar-refractivity contribution is 5.95. The molecule has 0 saturated carbocycles. The molecule has 0 aliphatic heterocycles. The Morgan fingerprint density at radius 1 is 1.04 bits per heavy atom. The summed E-state index contributed by atoms with van der Waals surface area (Å²) in [5, 5.41) is 4.14. The minimum Gasteiger partial charge on any atom is -0.493 e. The van der Waals surface area contributed by atoms with Gasteiger partial charge in [0, 0.05) is 17.7 Å². The van der Waals surface area contributed by atoms with Crippen LogP contribution in [0, 0.1) is 0 Å². The first-order chi connectivity index (χ1) is 11.1. The first-order valence-electron chi connectivity index (χ1n) is 7.23. The average Bonchev–Trinajstić information content (AvgIpc) is 2.60. The van der Waals surface area contributed by atoms with E-state index >= 15 is 0 Å². The van der Waals surface area contributed by atoms with Gasteiger partial charge in [0.2, 0.25) is 0 Å². The lowest BCUT2D eigenvalue weighted by Crippen LogP contribution is -2.19. The summed E-state index contributed by atoms with van der Waals surface area (Å²) in [7, 11) is 3.20. The molecule has 0 aromatic heterocycles. The van der Waals surface area contributed by atoms with Crippen LogP contribution in [-0.4, -0.2) is 25.8 Å². The van der Waals surface area contributed by atoms with Crippen LogP contribution in [0.4, 0.5) is 0 Å². The van der Waals surface area contributed by atoms with Crippen LogP contribution in [0.15, 0.2) is 53.6 Å². The highest BCUT2D eigenvalue weighted by atomic mass is 16.5. The first kappa shape index (κ1) is 16.5. The number of methoxy groups -OCH3 is 2. The van der Waals surface area contributed by atoms with E-state index in [2.05, 4.69) is 10.5 Å². The third-order valence-electron chi connectivity index (χ3n) is 3.29. The Morgan fingerprint density at radius 2 is 1.74 bits per heavy atom. The van der Waals surface area contributed by atoms with Gasteiger partial charge in [-0.2, -0.15) is 5.10 Å². The van der Waals surface area contributed by atoms with Crippen molar-refractivity contribution < 1.29 is 14.3 Å². The molecule has 2 aromatic rings. The van der Waals surface area contributed by atoms with Crippen LogP contribution in [0.25, 0.3) is 0 Å². The third-order valence-corrected chi connectivity index (χ3v) is 3.29. The molecule has 0 radical (unpaired) electrons. The lowest BCUT2D eigenvalue weighted by molar-refractivity contribution is 0.0954. The van der Waals surface area contributed by atoms with Crippen LogP contribution in [0.5, 0.6) is 11.5 Å². The number of nitrogens with zero attached hydrogens (tertiary/aromatic N) is 1. The Hall–Kier alpha value is -2.82. The molecule has 0 saturated heterocycles. The number of carbonyl (C=O) groups is 1. The Bertz CT molecular complexity index is 697. The summed E-state index contributed by atoms with van der Waals surface area (Å²) in [6.45, 7) is 1.86. The quantitative estimate of drug-likeness (QED) is 0.659. The molecule has 5 nitrogen and oxygen atoms in total. The summed E-state index contributed by atoms with van der Waals surface area (Å²) < 4.78 is 10.5. The van der Waals surface area contributed by atoms with Crippen molar-refractivity contribution in [3.05, 3.63) is 59.7 Å². The highest BCUT2D eigenvalue weighted by Gasteiger charge is 2.06. The molecule has 0 bridgehead atoms. The summed E-state index contributed by atoms with van der Waals surface area (Å²) in [4.78, 5) is 11.9. The van der Waals surface area contributed by atoms with Gasteiger partial charge in [0.25, 0.3) is 5.91 Å². The second-order valence-electron chi connectivity index (χ2n) is 5.02. The smallest absolute Gasteiger partial charge is 0.271 e. The van der Waals surface area contributed by atoms with Crippen molar-refractivity contribution in [2.24, 2.45) is 5.10 Å². The van der Waals surface area contributed by atoms with Gasteiger partial charge in [-0.25, -0.2) is 5.43 Å². The number of carbonyl (C=O) groups excluding carboxylic acids is 1. The zero-order valence-electron chi connectivity index (χ0n) is 13.5. The van der Waals surface area contributed by atoms with Gasteiger partial charge in [-0.15, -0.1) is 0 Å². The van der Waals surface area contributed by atoms with Crippen LogP contribution < -0.4 is 14.9 Å². The fourth-order valence-corrected chi connectivity index (χ4v) is 2.13. The molecule has 1 N–H and O–H groups in total. The van der Waals surface area contributed by atoms with Gasteiger partial charge in [-0.1, -0.05) is 24.3 Å². The van der Waals surface area contributed by atoms with Crippen LogP contribution in [-0.2, 0) is 6.42 Å². The van der Waals surface area contributed by atoms with Gasteiger partial charge in [0.1, 0.15) is 0 Å². The number of amides is 1. The first-order valence-corrected chi connectivity index (χ1v) is 7.23. The van der Waals surface area contributed by atoms with Gasteiger partial charge >= 0.3 is 0 Å². The van der Waals surface area contributed by atoms with E-state index in [1.807, 2.05) is 43.3 Å². The van der Waals surface area contributed by atoms with Crippen molar-refractivity contribution in [3.63, 3.8) is 0 Å². The highest BCUT2D eigenvalue weighted by Crippen LogP contribution is 2.27. The standard InChI is InChI=1S/C18H20N2O3/c1-13(19-20-18(21)15-7-5-4-6-8-15)11-14-9-10-16(22-2)17(12-14)23-3/h4-10,12H,11H2,1-3H3,(H,20,21)/b19-13-. The van der Waals surface area contributed by atoms with E-state index < -0.39 is 0 Å². The Labute approximate surface area is 135 Å². The summed E-state index contributed by atoms with van der Waals surface area (Å²) in [6.07, 6.45) is 0.607. The lowest BCUT2D eigenvalue weighted by atomic mass is 10.1. The molecule has 0 fully saturated rings. The normalized spacial score (nSPS) is 11.0. The summed E-state index contributed by atoms with van der Waals surface area (Å²) in [5.41, 5.74) is 4.96. The largest absolute Gasteiger partial charge is 0.493 e. The summed E-state index contributed by atoms with van der Waals surface area (Å²) in [5.74, 6) is 1.13. The van der Waals surface area contributed by atoms with Gasteiger partial charge in [-0.05, 0) is 36.8 Å². The van der Waals surface area contributed by atoms with E-state index in [0.717, 1.165) is 11.3 Å². The second kappa shape index (κ2) is 7.98. The fourth-order valence-electron chi connectivity index (χ4n) is 2.13. The van der Waals surface area contributed by atoms with Crippen molar-refractivity contribution in [1.82, 2.24) is 5.43 Å². The molecule has 120 valence electrons. The second-order valence-corrected chi connectivity index (χ2v) is 5.02. The van der Waals surface area contributed by atoms with E-state index in [1.165, 1.54) is 0 Å². The minimum absolute atomic E-state index is 0.225. The van der Waals surface area contributed by atoms with E-state index in [1.54, 1.807) is 26.4 Å². The van der Waals surface area contributed by atoms with Crippen LogP contribution in [0.3, 0.4) is 0 Å². The van der Waals surface area contributed by atoms with Crippen LogP contribution in [0.2, 0.25) is 0 Å². The molecule has 0 heterocycles. The molecule has 0 spiro atoms. The number of benzene rings is 2. The zero-order chi connectivity index (χ0) is 16.7. The van der Waals surface area contributed by atoms with E-state index in [0.29, 0.717) is 23.5 Å². The molecule has 0 unspecified atom stereocenters. The maximum Gasteiger partial charge on any atom is 0.271 e. The zero-order valence-corrected chi connectivity index (χ0v) is 13.5. The van der Waals surface area contributed by atoms with E-state index in [4.69, 9.17) is 9.47 Å². The molecule has 0 aliphatic carbocycles. The molecule has 1 amide bonds. The number of nitrogens with one attached hydrogen (secondary N) is 1. The van der Waals surface area contributed by atoms with Crippen molar-refractivity contribution in [2.75, 3.05) is 14.2 Å². The number of hydrazone groups is 1. The molecular formula is C18H20N2O3. The number of rotatable bonds is 6. The van der Waals surface area contributed by atoms with E-state index in [9.17, 15) is 4.79 Å². The Balaban J connectivity index is 2.01. The topological polar surface area (TPSA) is 59.9 Å². The van der Waals surface area contributed by atoms with Gasteiger partial charge < -0.3 is 9.47 Å². The number of hydrogen-bond acceptors (Lipinski definition) is 4. The Morgan fingerprint density at radius 3 is 2.39 bits per heavy atom. The maximum atomic E-state index is 11.9. The lowest BCUT2D eigenvalue weighted by Gasteiger charge is -2.09. The van der Waals surface area contributed by atoms with Crippen molar-refractivity contribution >= 4 is 11.6 Å². The molecule has 5 heteroatoms. The van der Waals surface area contributed by atoms with Gasteiger partial charge in [0.15, 0.2) is 11.5 Å². The van der Waals surface area contributed by atoms with Gasteiger partial charge in [0.05, 0.1) is 14.2 Å². The Kier molecular flexibility index (Phi) is 5.74. The SMILES string of the molecule is COc1ccc(C/C(C)=N\NC(=O)c2ccccc2)cc1OC. The predicted molar refractivity (Wildman–Crippen MR) is 90.3 cm³/mol. The average molecular weight is 312 g/mol. The molecule has 23 heavy (non-hydrogen) atoms.